The second kappa shape index (κ2) is 4.50. The molecule has 1 atom stereocenters. The Morgan fingerprint density at radius 1 is 1.53 bits per heavy atom. The van der Waals surface area contributed by atoms with Crippen LogP contribution in [0.5, 0.6) is 0 Å². The van der Waals surface area contributed by atoms with Crippen molar-refractivity contribution in [3.8, 4) is 0 Å². The van der Waals surface area contributed by atoms with Gasteiger partial charge in [-0.2, -0.15) is 0 Å². The Morgan fingerprint density at radius 3 is 2.82 bits per heavy atom. The summed E-state index contributed by atoms with van der Waals surface area (Å²) in [6, 6.07) is 2.83. The Hall–Kier alpha value is -1.34. The normalized spacial score (nSPS) is 22.5. The summed E-state index contributed by atoms with van der Waals surface area (Å²) in [6.07, 6.45) is 0.457. The van der Waals surface area contributed by atoms with Crippen LogP contribution in [0, 0.1) is 0 Å². The van der Waals surface area contributed by atoms with Gasteiger partial charge in [0, 0.05) is 6.04 Å². The van der Waals surface area contributed by atoms with Gasteiger partial charge in [-0.25, -0.2) is 8.42 Å². The summed E-state index contributed by atoms with van der Waals surface area (Å²) in [5.41, 5.74) is 5.36. The minimum absolute atomic E-state index is 0.00317. The fourth-order valence-electron chi connectivity index (χ4n) is 1.78. The zero-order chi connectivity index (χ0) is 12.5. The van der Waals surface area contributed by atoms with E-state index in [1.807, 2.05) is 0 Å². The van der Waals surface area contributed by atoms with Crippen LogP contribution < -0.4 is 11.1 Å². The highest BCUT2D eigenvalue weighted by Crippen LogP contribution is 2.13. The number of furan rings is 1. The molecule has 0 aromatic carbocycles. The van der Waals surface area contributed by atoms with Gasteiger partial charge in [-0.15, -0.1) is 0 Å². The highest BCUT2D eigenvalue weighted by Gasteiger charge is 2.29. The van der Waals surface area contributed by atoms with Crippen LogP contribution in [0.4, 0.5) is 0 Å². The maximum absolute atomic E-state index is 11.7. The van der Waals surface area contributed by atoms with Gasteiger partial charge >= 0.3 is 0 Å². The minimum Gasteiger partial charge on any atom is -0.455 e. The number of rotatable bonds is 3. The van der Waals surface area contributed by atoms with E-state index in [1.165, 1.54) is 6.07 Å². The standard InChI is InChI=1S/C10H14N2O4S/c11-5-8-1-2-9(16-8)10(13)12-7-3-4-17(14,15)6-7/h1-2,7H,3-6,11H2,(H,12,13). The number of nitrogens with two attached hydrogens (primary N) is 1. The first-order chi connectivity index (χ1) is 8.00. The van der Waals surface area contributed by atoms with Crippen molar-refractivity contribution in [1.29, 1.82) is 0 Å². The molecular formula is C10H14N2O4S. The van der Waals surface area contributed by atoms with Crippen LogP contribution >= 0.6 is 0 Å². The van der Waals surface area contributed by atoms with Gasteiger partial charge in [0.15, 0.2) is 15.6 Å². The zero-order valence-corrected chi connectivity index (χ0v) is 10.00. The van der Waals surface area contributed by atoms with Crippen molar-refractivity contribution >= 4 is 15.7 Å². The number of amides is 1. The first-order valence-corrected chi connectivity index (χ1v) is 7.12. The van der Waals surface area contributed by atoms with Gasteiger partial charge in [0.2, 0.25) is 0 Å². The van der Waals surface area contributed by atoms with E-state index in [2.05, 4.69) is 5.32 Å². The molecule has 1 aliphatic heterocycles. The molecule has 0 spiro atoms. The molecule has 0 saturated carbocycles. The Labute approximate surface area is 99.1 Å². The molecular weight excluding hydrogens is 244 g/mol. The monoisotopic (exact) mass is 258 g/mol. The van der Waals surface area contributed by atoms with Crippen molar-refractivity contribution in [2.24, 2.45) is 5.73 Å². The lowest BCUT2D eigenvalue weighted by Gasteiger charge is -2.08. The molecule has 0 bridgehead atoms. The van der Waals surface area contributed by atoms with Crippen molar-refractivity contribution in [2.75, 3.05) is 11.5 Å². The molecule has 17 heavy (non-hydrogen) atoms. The average Bonchev–Trinajstić information content (AvgIpc) is 2.85. The predicted molar refractivity (Wildman–Crippen MR) is 61.1 cm³/mol. The van der Waals surface area contributed by atoms with Gasteiger partial charge in [0.25, 0.3) is 5.91 Å². The Bertz CT molecular complexity index is 520. The highest BCUT2D eigenvalue weighted by atomic mass is 32.2. The van der Waals surface area contributed by atoms with Crippen LogP contribution in [0.25, 0.3) is 0 Å². The Kier molecular flexibility index (Phi) is 3.21. The van der Waals surface area contributed by atoms with Crippen LogP contribution in [0.3, 0.4) is 0 Å². The lowest BCUT2D eigenvalue weighted by atomic mass is 10.2. The van der Waals surface area contributed by atoms with E-state index in [9.17, 15) is 13.2 Å². The fourth-order valence-corrected chi connectivity index (χ4v) is 3.45. The van der Waals surface area contributed by atoms with E-state index in [4.69, 9.17) is 10.2 Å². The van der Waals surface area contributed by atoms with E-state index in [0.29, 0.717) is 12.2 Å². The third kappa shape index (κ3) is 2.86. The number of hydrogen-bond donors (Lipinski definition) is 2. The number of carbonyl (C=O) groups is 1. The molecule has 7 heteroatoms. The van der Waals surface area contributed by atoms with Crippen LogP contribution in [0.1, 0.15) is 22.7 Å². The van der Waals surface area contributed by atoms with E-state index in [-0.39, 0.29) is 29.9 Å². The van der Waals surface area contributed by atoms with Crippen LogP contribution in [0.15, 0.2) is 16.5 Å². The van der Waals surface area contributed by atoms with Crippen LogP contribution in [-0.4, -0.2) is 31.9 Å². The summed E-state index contributed by atoms with van der Waals surface area (Å²) in [5.74, 6) is 0.420. The topological polar surface area (TPSA) is 102 Å². The maximum atomic E-state index is 11.7. The highest BCUT2D eigenvalue weighted by molar-refractivity contribution is 7.91. The number of carbonyl (C=O) groups excluding carboxylic acids is 1. The third-order valence-corrected chi connectivity index (χ3v) is 4.42. The fraction of sp³-hybridized carbons (Fsp3) is 0.500. The van der Waals surface area contributed by atoms with Gasteiger partial charge in [-0.3, -0.25) is 4.79 Å². The number of nitrogens with one attached hydrogen (secondary N) is 1. The molecule has 1 aliphatic rings. The molecule has 1 saturated heterocycles. The van der Waals surface area contributed by atoms with E-state index in [0.717, 1.165) is 0 Å². The summed E-state index contributed by atoms with van der Waals surface area (Å²) in [7, 11) is -2.99. The summed E-state index contributed by atoms with van der Waals surface area (Å²) >= 11 is 0. The third-order valence-electron chi connectivity index (χ3n) is 2.65. The molecule has 0 radical (unpaired) electrons. The van der Waals surface area contributed by atoms with E-state index in [1.54, 1.807) is 6.07 Å². The van der Waals surface area contributed by atoms with Crippen molar-refractivity contribution in [3.05, 3.63) is 23.7 Å². The van der Waals surface area contributed by atoms with E-state index < -0.39 is 15.7 Å². The van der Waals surface area contributed by atoms with Gasteiger partial charge < -0.3 is 15.5 Å². The molecule has 2 heterocycles. The van der Waals surface area contributed by atoms with Gasteiger partial charge in [-0.05, 0) is 18.6 Å². The lowest BCUT2D eigenvalue weighted by molar-refractivity contribution is 0.0911. The smallest absolute Gasteiger partial charge is 0.287 e. The zero-order valence-electron chi connectivity index (χ0n) is 9.18. The second-order valence-electron chi connectivity index (χ2n) is 4.04. The summed E-state index contributed by atoms with van der Waals surface area (Å²) in [6.45, 7) is 0.227. The van der Waals surface area contributed by atoms with Crippen molar-refractivity contribution < 1.29 is 17.6 Å². The molecule has 1 fully saturated rings. The lowest BCUT2D eigenvalue weighted by Crippen LogP contribution is -2.35. The van der Waals surface area contributed by atoms with Crippen molar-refractivity contribution in [2.45, 2.75) is 19.0 Å². The molecule has 3 N–H and O–H groups in total. The maximum Gasteiger partial charge on any atom is 0.287 e. The SMILES string of the molecule is NCc1ccc(C(=O)NC2CCS(=O)(=O)C2)o1. The summed E-state index contributed by atoms with van der Waals surface area (Å²) in [5, 5.41) is 2.64. The Morgan fingerprint density at radius 2 is 2.29 bits per heavy atom. The summed E-state index contributed by atoms with van der Waals surface area (Å²) < 4.78 is 27.6. The molecule has 1 aromatic rings. The molecule has 2 rings (SSSR count). The first kappa shape index (κ1) is 12.1. The van der Waals surface area contributed by atoms with Crippen molar-refractivity contribution in [1.82, 2.24) is 5.32 Å². The predicted octanol–water partition coefficient (Wildman–Crippen LogP) is -0.345. The molecule has 6 nitrogen and oxygen atoms in total. The largest absolute Gasteiger partial charge is 0.455 e. The Balaban J connectivity index is 1.98. The quantitative estimate of drug-likeness (QED) is 0.771. The van der Waals surface area contributed by atoms with Gasteiger partial charge in [0.05, 0.1) is 18.1 Å². The van der Waals surface area contributed by atoms with Crippen LogP contribution in [0.2, 0.25) is 0 Å². The van der Waals surface area contributed by atoms with Gasteiger partial charge in [-0.1, -0.05) is 0 Å². The molecule has 1 unspecified atom stereocenters. The average molecular weight is 258 g/mol. The molecule has 0 aliphatic carbocycles. The minimum atomic E-state index is -2.99. The van der Waals surface area contributed by atoms with E-state index >= 15 is 0 Å². The van der Waals surface area contributed by atoms with Crippen molar-refractivity contribution in [3.63, 3.8) is 0 Å². The van der Waals surface area contributed by atoms with Gasteiger partial charge in [0.1, 0.15) is 5.76 Å². The molecule has 1 aromatic heterocycles. The second-order valence-corrected chi connectivity index (χ2v) is 6.27. The summed E-state index contributed by atoms with van der Waals surface area (Å²) in [4.78, 5) is 11.7. The molecule has 94 valence electrons. The number of sulfone groups is 1. The number of hydrogen-bond acceptors (Lipinski definition) is 5. The first-order valence-electron chi connectivity index (χ1n) is 5.30. The van der Waals surface area contributed by atoms with Crippen LogP contribution in [-0.2, 0) is 16.4 Å². The molecule has 1 amide bonds.